The van der Waals surface area contributed by atoms with Gasteiger partial charge in [-0.05, 0) is 29.8 Å². The lowest BCUT2D eigenvalue weighted by Gasteiger charge is -2.13. The summed E-state index contributed by atoms with van der Waals surface area (Å²) in [5, 5.41) is 14.7. The van der Waals surface area contributed by atoms with Crippen LogP contribution >= 0.6 is 11.6 Å². The summed E-state index contributed by atoms with van der Waals surface area (Å²) in [6.45, 7) is 0.823. The normalized spacial score (nSPS) is 10.4. The number of ether oxygens (including phenoxy) is 2. The van der Waals surface area contributed by atoms with Crippen molar-refractivity contribution in [3.8, 4) is 11.5 Å². The Balaban J connectivity index is 1.66. The molecule has 3 aromatic carbocycles. The fraction of sp³-hybridized carbons (Fsp3) is 0.143. The lowest BCUT2D eigenvalue weighted by atomic mass is 10.2. The molecule has 0 atom stereocenters. The van der Waals surface area contributed by atoms with Gasteiger partial charge in [-0.3, -0.25) is 10.1 Å². The van der Waals surface area contributed by atoms with Gasteiger partial charge in [0, 0.05) is 35.0 Å². The third-order valence-corrected chi connectivity index (χ3v) is 4.49. The summed E-state index contributed by atoms with van der Waals surface area (Å²) >= 11 is 6.16. The highest BCUT2D eigenvalue weighted by molar-refractivity contribution is 6.31. The summed E-state index contributed by atoms with van der Waals surface area (Å²) in [5.74, 6) is 1.21. The highest BCUT2D eigenvalue weighted by atomic mass is 35.5. The molecule has 0 heterocycles. The van der Waals surface area contributed by atoms with Crippen LogP contribution in [-0.2, 0) is 13.2 Å². The van der Waals surface area contributed by atoms with Crippen molar-refractivity contribution in [1.29, 1.82) is 0 Å². The molecule has 0 aliphatic rings. The number of benzene rings is 3. The molecule has 3 rings (SSSR count). The maximum absolute atomic E-state index is 10.9. The molecule has 0 aliphatic carbocycles. The van der Waals surface area contributed by atoms with E-state index >= 15 is 0 Å². The Labute approximate surface area is 167 Å². The van der Waals surface area contributed by atoms with Gasteiger partial charge in [0.15, 0.2) is 11.5 Å². The minimum atomic E-state index is -0.417. The van der Waals surface area contributed by atoms with E-state index in [1.165, 1.54) is 12.1 Å². The Kier molecular flexibility index (Phi) is 6.34. The highest BCUT2D eigenvalue weighted by Crippen LogP contribution is 2.30. The number of rotatable bonds is 8. The van der Waals surface area contributed by atoms with Crippen molar-refractivity contribution in [3.05, 3.63) is 93.0 Å². The van der Waals surface area contributed by atoms with Crippen molar-refractivity contribution >= 4 is 23.0 Å². The number of nitro benzene ring substituents is 1. The molecule has 0 amide bonds. The Morgan fingerprint density at radius 3 is 2.61 bits per heavy atom. The van der Waals surface area contributed by atoms with Gasteiger partial charge in [-0.15, -0.1) is 0 Å². The molecule has 0 saturated carbocycles. The van der Waals surface area contributed by atoms with Crippen LogP contribution in [0.5, 0.6) is 11.5 Å². The Bertz CT molecular complexity index is 978. The first kappa shape index (κ1) is 19.5. The summed E-state index contributed by atoms with van der Waals surface area (Å²) in [7, 11) is 1.58. The molecule has 0 unspecified atom stereocenters. The van der Waals surface area contributed by atoms with E-state index in [4.69, 9.17) is 21.1 Å². The van der Waals surface area contributed by atoms with E-state index < -0.39 is 4.92 Å². The molecule has 144 valence electrons. The molecule has 7 heteroatoms. The van der Waals surface area contributed by atoms with Crippen LogP contribution in [0, 0.1) is 10.1 Å². The fourth-order valence-electron chi connectivity index (χ4n) is 2.65. The lowest BCUT2D eigenvalue weighted by Crippen LogP contribution is -2.02. The summed E-state index contributed by atoms with van der Waals surface area (Å²) < 4.78 is 11.3. The second kappa shape index (κ2) is 9.10. The minimum absolute atomic E-state index is 0.0471. The van der Waals surface area contributed by atoms with Gasteiger partial charge in [0.1, 0.15) is 6.61 Å². The average Bonchev–Trinajstić information content (AvgIpc) is 2.72. The number of nitro groups is 1. The van der Waals surface area contributed by atoms with Crippen molar-refractivity contribution in [2.24, 2.45) is 0 Å². The van der Waals surface area contributed by atoms with Crippen LogP contribution in [0.3, 0.4) is 0 Å². The number of halogens is 1. The summed E-state index contributed by atoms with van der Waals surface area (Å²) in [5.41, 5.74) is 2.56. The maximum atomic E-state index is 10.9. The third-order valence-electron chi connectivity index (χ3n) is 4.12. The van der Waals surface area contributed by atoms with E-state index in [-0.39, 0.29) is 5.69 Å². The molecule has 0 aliphatic heterocycles. The molecule has 0 aromatic heterocycles. The zero-order valence-corrected chi connectivity index (χ0v) is 16.0. The fourth-order valence-corrected chi connectivity index (χ4v) is 2.84. The topological polar surface area (TPSA) is 73.6 Å². The second-order valence-corrected chi connectivity index (χ2v) is 6.43. The van der Waals surface area contributed by atoms with Gasteiger partial charge in [-0.25, -0.2) is 0 Å². The molecule has 0 radical (unpaired) electrons. The number of nitrogens with one attached hydrogen (secondary N) is 1. The minimum Gasteiger partial charge on any atom is -0.493 e. The Hall–Kier alpha value is -3.25. The number of methoxy groups -OCH3 is 1. The van der Waals surface area contributed by atoms with Crippen LogP contribution in [0.4, 0.5) is 11.4 Å². The van der Waals surface area contributed by atoms with Gasteiger partial charge in [0.05, 0.1) is 12.0 Å². The Morgan fingerprint density at radius 1 is 1.04 bits per heavy atom. The van der Waals surface area contributed by atoms with E-state index in [9.17, 15) is 10.1 Å². The molecule has 1 N–H and O–H groups in total. The molecular formula is C21H19ClN2O4. The van der Waals surface area contributed by atoms with Crippen LogP contribution in [-0.4, -0.2) is 12.0 Å². The number of nitrogens with zero attached hydrogens (tertiary/aromatic N) is 1. The van der Waals surface area contributed by atoms with Gasteiger partial charge in [-0.2, -0.15) is 0 Å². The van der Waals surface area contributed by atoms with Crippen LogP contribution in [0.1, 0.15) is 11.1 Å². The molecule has 0 spiro atoms. The maximum Gasteiger partial charge on any atom is 0.271 e. The predicted molar refractivity (Wildman–Crippen MR) is 109 cm³/mol. The first-order chi connectivity index (χ1) is 13.6. The number of hydrogen-bond acceptors (Lipinski definition) is 5. The number of anilines is 1. The van der Waals surface area contributed by atoms with Crippen molar-refractivity contribution in [2.45, 2.75) is 13.2 Å². The van der Waals surface area contributed by atoms with Gasteiger partial charge in [0.2, 0.25) is 0 Å². The van der Waals surface area contributed by atoms with Gasteiger partial charge in [0.25, 0.3) is 5.69 Å². The lowest BCUT2D eigenvalue weighted by molar-refractivity contribution is -0.384. The van der Waals surface area contributed by atoms with Crippen molar-refractivity contribution in [3.63, 3.8) is 0 Å². The largest absolute Gasteiger partial charge is 0.493 e. The van der Waals surface area contributed by atoms with Crippen LogP contribution < -0.4 is 14.8 Å². The molecule has 6 nitrogen and oxygen atoms in total. The standard InChI is InChI=1S/C21H19ClN2O4/c1-27-21-11-15(13-23-17-6-4-7-18(12-17)24(25)26)9-10-20(21)28-14-16-5-2-3-8-19(16)22/h2-12,23H,13-14H2,1H3. The smallest absolute Gasteiger partial charge is 0.271 e. The van der Waals surface area contributed by atoms with Crippen molar-refractivity contribution in [1.82, 2.24) is 0 Å². The van der Waals surface area contributed by atoms with Gasteiger partial charge < -0.3 is 14.8 Å². The van der Waals surface area contributed by atoms with E-state index in [0.717, 1.165) is 11.1 Å². The monoisotopic (exact) mass is 398 g/mol. The summed E-state index contributed by atoms with van der Waals surface area (Å²) in [6, 6.07) is 19.5. The van der Waals surface area contributed by atoms with Crippen molar-refractivity contribution < 1.29 is 14.4 Å². The molecule has 28 heavy (non-hydrogen) atoms. The quantitative estimate of drug-likeness (QED) is 0.403. The van der Waals surface area contributed by atoms with Crippen molar-refractivity contribution in [2.75, 3.05) is 12.4 Å². The molecule has 3 aromatic rings. The Morgan fingerprint density at radius 2 is 1.86 bits per heavy atom. The molecule has 0 fully saturated rings. The van der Waals surface area contributed by atoms with Crippen LogP contribution in [0.25, 0.3) is 0 Å². The van der Waals surface area contributed by atoms with E-state index in [2.05, 4.69) is 5.32 Å². The molecule has 0 bridgehead atoms. The predicted octanol–water partition coefficient (Wildman–Crippen LogP) is 5.45. The molecule has 0 saturated heterocycles. The van der Waals surface area contributed by atoms with E-state index in [1.807, 2.05) is 42.5 Å². The zero-order valence-electron chi connectivity index (χ0n) is 15.2. The first-order valence-corrected chi connectivity index (χ1v) is 8.96. The molecular weight excluding hydrogens is 380 g/mol. The second-order valence-electron chi connectivity index (χ2n) is 6.03. The van der Waals surface area contributed by atoms with E-state index in [1.54, 1.807) is 19.2 Å². The zero-order chi connectivity index (χ0) is 19.9. The SMILES string of the molecule is COc1cc(CNc2cccc([N+](=O)[O-])c2)ccc1OCc1ccccc1Cl. The summed E-state index contributed by atoms with van der Waals surface area (Å²) in [6.07, 6.45) is 0. The summed E-state index contributed by atoms with van der Waals surface area (Å²) in [4.78, 5) is 10.5. The third kappa shape index (κ3) is 4.92. The highest BCUT2D eigenvalue weighted by Gasteiger charge is 2.09. The first-order valence-electron chi connectivity index (χ1n) is 8.58. The van der Waals surface area contributed by atoms with Crippen LogP contribution in [0.15, 0.2) is 66.7 Å². The van der Waals surface area contributed by atoms with Crippen LogP contribution in [0.2, 0.25) is 5.02 Å². The average molecular weight is 399 g/mol. The van der Waals surface area contributed by atoms with E-state index in [0.29, 0.717) is 35.4 Å². The number of hydrogen-bond donors (Lipinski definition) is 1. The van der Waals surface area contributed by atoms with Gasteiger partial charge in [-0.1, -0.05) is 41.9 Å². The number of non-ortho nitro benzene ring substituents is 1. The van der Waals surface area contributed by atoms with Gasteiger partial charge >= 0.3 is 0 Å².